The zero-order valence-electron chi connectivity index (χ0n) is 22.0. The van der Waals surface area contributed by atoms with E-state index >= 15 is 0 Å². The van der Waals surface area contributed by atoms with E-state index in [0.29, 0.717) is 11.4 Å². The quantitative estimate of drug-likeness (QED) is 0.189. The Labute approximate surface area is 252 Å². The fraction of sp³-hybridized carbons (Fsp3) is 0.0556. The number of pyridine rings is 1. The summed E-state index contributed by atoms with van der Waals surface area (Å²) in [4.78, 5) is 10.6. The molecule has 2 aromatic heterocycles. The standard InChI is InChI=1S/C36H24N3O.Pt/c40-32-20-9-8-17-29(32)36-38-35-30(18-10-19-31(35)39(36)24-12-2-1-3-13-24)34-27-16-7-6-15-26(27)28-22-21-23-11-4-5-14-25(23)33(28)37-34;/h1-13,15-20,40H,21-22H2;/q-1;. The van der Waals surface area contributed by atoms with E-state index in [1.165, 1.54) is 16.5 Å². The minimum atomic E-state index is 0. The molecule has 1 N–H and O–H groups in total. The van der Waals surface area contributed by atoms with Gasteiger partial charge in [-0.15, -0.1) is 35.4 Å². The predicted octanol–water partition coefficient (Wildman–Crippen LogP) is 8.18. The Kier molecular flexibility index (Phi) is 6.29. The number of aromatic nitrogens is 3. The van der Waals surface area contributed by atoms with Crippen molar-refractivity contribution in [2.45, 2.75) is 12.8 Å². The molecule has 5 heteroatoms. The van der Waals surface area contributed by atoms with E-state index in [1.54, 1.807) is 6.07 Å². The summed E-state index contributed by atoms with van der Waals surface area (Å²) in [7, 11) is 0. The van der Waals surface area contributed by atoms with Gasteiger partial charge in [-0.3, -0.25) is 9.55 Å². The minimum absolute atomic E-state index is 0. The summed E-state index contributed by atoms with van der Waals surface area (Å²) in [5.41, 5.74) is 10.0. The van der Waals surface area contributed by atoms with Crippen LogP contribution in [0.15, 0.2) is 115 Å². The molecule has 8 rings (SSSR count). The first-order chi connectivity index (χ1) is 19.8. The van der Waals surface area contributed by atoms with Gasteiger partial charge in [0.2, 0.25) is 0 Å². The van der Waals surface area contributed by atoms with Gasteiger partial charge in [-0.2, -0.15) is 0 Å². The van der Waals surface area contributed by atoms with Crippen LogP contribution in [-0.2, 0) is 33.9 Å². The number of phenols is 1. The fourth-order valence-corrected chi connectivity index (χ4v) is 6.12. The van der Waals surface area contributed by atoms with Crippen LogP contribution in [0.1, 0.15) is 11.1 Å². The van der Waals surface area contributed by atoms with Crippen molar-refractivity contribution < 1.29 is 26.2 Å². The zero-order valence-corrected chi connectivity index (χ0v) is 24.3. The van der Waals surface area contributed by atoms with E-state index in [4.69, 9.17) is 9.97 Å². The van der Waals surface area contributed by atoms with Crippen LogP contribution < -0.4 is 0 Å². The molecule has 41 heavy (non-hydrogen) atoms. The summed E-state index contributed by atoms with van der Waals surface area (Å²) in [6.07, 6.45) is 1.95. The molecule has 0 bridgehead atoms. The SMILES string of the molecule is Oc1ccccc1-c1nc2c(-c3nc4c(c5ccccc35)CCc3ccc[c-]c3-4)cccc2n1-c1ccccc1.[Pt]. The summed E-state index contributed by atoms with van der Waals surface area (Å²) >= 11 is 0. The van der Waals surface area contributed by atoms with E-state index in [1.807, 2.05) is 42.5 Å². The Morgan fingerprint density at radius 2 is 1.41 bits per heavy atom. The molecule has 0 atom stereocenters. The summed E-state index contributed by atoms with van der Waals surface area (Å²) in [5, 5.41) is 13.2. The maximum Gasteiger partial charge on any atom is 0.149 e. The Bertz CT molecular complexity index is 2080. The monoisotopic (exact) mass is 709 g/mol. The van der Waals surface area contributed by atoms with Gasteiger partial charge in [0.25, 0.3) is 0 Å². The summed E-state index contributed by atoms with van der Waals surface area (Å²) in [6.45, 7) is 0. The van der Waals surface area contributed by atoms with E-state index in [0.717, 1.165) is 57.5 Å². The summed E-state index contributed by atoms with van der Waals surface area (Å²) in [6, 6.07) is 42.1. The Balaban J connectivity index is 0.00000276. The molecule has 0 saturated heterocycles. The number of hydrogen-bond acceptors (Lipinski definition) is 3. The molecule has 5 aromatic carbocycles. The van der Waals surface area contributed by atoms with Crippen molar-refractivity contribution in [3.05, 3.63) is 132 Å². The van der Waals surface area contributed by atoms with Crippen LogP contribution in [0.5, 0.6) is 5.75 Å². The number of hydrogen-bond donors (Lipinski definition) is 1. The molecule has 0 unspecified atom stereocenters. The van der Waals surface area contributed by atoms with Crippen molar-refractivity contribution in [3.8, 4) is 45.3 Å². The molecule has 0 saturated carbocycles. The van der Waals surface area contributed by atoms with Crippen LogP contribution in [-0.4, -0.2) is 19.6 Å². The van der Waals surface area contributed by atoms with Crippen molar-refractivity contribution in [1.82, 2.24) is 14.5 Å². The van der Waals surface area contributed by atoms with Crippen molar-refractivity contribution >= 4 is 21.8 Å². The van der Waals surface area contributed by atoms with Crippen LogP contribution in [0.25, 0.3) is 61.4 Å². The number of nitrogens with zero attached hydrogens (tertiary/aromatic N) is 3. The normalized spacial score (nSPS) is 12.1. The molecule has 1 aliphatic carbocycles. The van der Waals surface area contributed by atoms with Crippen LogP contribution in [0.2, 0.25) is 0 Å². The van der Waals surface area contributed by atoms with Crippen LogP contribution >= 0.6 is 0 Å². The van der Waals surface area contributed by atoms with E-state index in [9.17, 15) is 5.11 Å². The van der Waals surface area contributed by atoms with Gasteiger partial charge in [-0.1, -0.05) is 78.7 Å². The first-order valence-corrected chi connectivity index (χ1v) is 13.5. The van der Waals surface area contributed by atoms with Crippen LogP contribution in [0.4, 0.5) is 0 Å². The Morgan fingerprint density at radius 1 is 0.659 bits per heavy atom. The number of fused-ring (bicyclic) bond motifs is 6. The largest absolute Gasteiger partial charge is 0.507 e. The minimum Gasteiger partial charge on any atom is -0.507 e. The van der Waals surface area contributed by atoms with Gasteiger partial charge < -0.3 is 5.11 Å². The maximum atomic E-state index is 10.8. The second-order valence-electron chi connectivity index (χ2n) is 10.2. The molecule has 0 spiro atoms. The number of aromatic hydroxyl groups is 1. The van der Waals surface area contributed by atoms with E-state index < -0.39 is 0 Å². The van der Waals surface area contributed by atoms with Crippen molar-refractivity contribution in [2.75, 3.05) is 0 Å². The van der Waals surface area contributed by atoms with Gasteiger partial charge in [0, 0.05) is 37.7 Å². The molecule has 0 aliphatic heterocycles. The average Bonchev–Trinajstić information content (AvgIpc) is 3.41. The molecule has 4 nitrogen and oxygen atoms in total. The topological polar surface area (TPSA) is 50.9 Å². The average molecular weight is 710 g/mol. The van der Waals surface area contributed by atoms with Crippen molar-refractivity contribution in [1.29, 1.82) is 0 Å². The molecular formula is C36H24N3OPt-. The Hall–Kier alpha value is -4.53. The molecule has 1 aliphatic rings. The summed E-state index contributed by atoms with van der Waals surface area (Å²) in [5.74, 6) is 0.883. The van der Waals surface area contributed by atoms with Crippen LogP contribution in [0.3, 0.4) is 0 Å². The smallest absolute Gasteiger partial charge is 0.149 e. The number of rotatable bonds is 3. The fourth-order valence-electron chi connectivity index (χ4n) is 6.12. The first kappa shape index (κ1) is 25.4. The van der Waals surface area contributed by atoms with Gasteiger partial charge in [0.1, 0.15) is 11.6 Å². The van der Waals surface area contributed by atoms with E-state index in [2.05, 4.69) is 77.4 Å². The third kappa shape index (κ3) is 4.02. The summed E-state index contributed by atoms with van der Waals surface area (Å²) < 4.78 is 2.12. The third-order valence-electron chi connectivity index (χ3n) is 7.94. The third-order valence-corrected chi connectivity index (χ3v) is 7.94. The number of aryl methyl sites for hydroxylation is 2. The van der Waals surface area contributed by atoms with Crippen LogP contribution in [0, 0.1) is 6.07 Å². The Morgan fingerprint density at radius 3 is 2.27 bits per heavy atom. The molecule has 200 valence electrons. The molecule has 0 fully saturated rings. The number of phenolic OH excluding ortho intramolecular Hbond substituents is 1. The van der Waals surface area contributed by atoms with Crippen molar-refractivity contribution in [2.24, 2.45) is 0 Å². The van der Waals surface area contributed by atoms with Gasteiger partial charge in [-0.25, -0.2) is 4.98 Å². The van der Waals surface area contributed by atoms with Crippen molar-refractivity contribution in [3.63, 3.8) is 0 Å². The molecule has 0 radical (unpaired) electrons. The molecular weight excluding hydrogens is 685 g/mol. The second kappa shape index (κ2) is 10.1. The molecule has 7 aromatic rings. The number of para-hydroxylation sites is 3. The van der Waals surface area contributed by atoms with Gasteiger partial charge in [0.15, 0.2) is 0 Å². The van der Waals surface area contributed by atoms with Gasteiger partial charge in [-0.05, 0) is 47.8 Å². The maximum absolute atomic E-state index is 10.8. The predicted molar refractivity (Wildman–Crippen MR) is 161 cm³/mol. The van der Waals surface area contributed by atoms with E-state index in [-0.39, 0.29) is 26.8 Å². The second-order valence-corrected chi connectivity index (χ2v) is 10.2. The molecule has 0 amide bonds. The van der Waals surface area contributed by atoms with Gasteiger partial charge >= 0.3 is 0 Å². The number of benzene rings is 5. The first-order valence-electron chi connectivity index (χ1n) is 13.5. The van der Waals surface area contributed by atoms with Gasteiger partial charge in [0.05, 0.1) is 22.3 Å². The number of imidazole rings is 1. The zero-order chi connectivity index (χ0) is 26.6. The molecule has 2 heterocycles.